The summed E-state index contributed by atoms with van der Waals surface area (Å²) >= 11 is 5.84. The predicted octanol–water partition coefficient (Wildman–Crippen LogP) is 4.13. The van der Waals surface area contributed by atoms with Crippen LogP contribution in [0.4, 0.5) is 8.78 Å². The average Bonchev–Trinajstić information content (AvgIpc) is 2.74. The first-order valence-electron chi connectivity index (χ1n) is 9.26. The van der Waals surface area contributed by atoms with Crippen molar-refractivity contribution in [3.63, 3.8) is 0 Å². The van der Waals surface area contributed by atoms with Crippen LogP contribution in [0.3, 0.4) is 0 Å². The molecule has 0 bridgehead atoms. The van der Waals surface area contributed by atoms with Crippen molar-refractivity contribution in [3.8, 4) is 0 Å². The van der Waals surface area contributed by atoms with Crippen LogP contribution in [-0.4, -0.2) is 25.2 Å². The van der Waals surface area contributed by atoms with Crippen LogP contribution in [0.25, 0.3) is 0 Å². The second-order valence-corrected chi connectivity index (χ2v) is 9.10. The molecule has 0 spiro atoms. The number of rotatable bonds is 8. The topological polar surface area (TPSA) is 66.5 Å². The lowest BCUT2D eigenvalue weighted by Crippen LogP contribution is -2.40. The highest BCUT2D eigenvalue weighted by atomic mass is 35.5. The third-order valence-corrected chi connectivity index (χ3v) is 6.54. The minimum Gasteiger partial charge on any atom is -0.351 e. The Morgan fingerprint density at radius 2 is 1.58 bits per heavy atom. The van der Waals surface area contributed by atoms with Crippen molar-refractivity contribution in [2.45, 2.75) is 18.0 Å². The number of benzene rings is 3. The molecule has 3 rings (SSSR count). The number of amides is 1. The van der Waals surface area contributed by atoms with Gasteiger partial charge in [0.2, 0.25) is 15.9 Å². The molecule has 0 aliphatic heterocycles. The normalized spacial score (nSPS) is 11.5. The van der Waals surface area contributed by atoms with Gasteiger partial charge in [-0.2, -0.15) is 4.31 Å². The highest BCUT2D eigenvalue weighted by molar-refractivity contribution is 7.89. The van der Waals surface area contributed by atoms with E-state index < -0.39 is 34.1 Å². The lowest BCUT2D eigenvalue weighted by atomic mass is 10.2. The molecule has 5 nitrogen and oxygen atoms in total. The third-order valence-electron chi connectivity index (χ3n) is 4.48. The highest BCUT2D eigenvalue weighted by Crippen LogP contribution is 2.21. The van der Waals surface area contributed by atoms with Gasteiger partial charge >= 0.3 is 0 Å². The molecule has 1 N–H and O–H groups in total. The number of hydrogen-bond donors (Lipinski definition) is 1. The molecule has 0 saturated carbocycles. The lowest BCUT2D eigenvalue weighted by molar-refractivity contribution is -0.121. The molecule has 3 aromatic rings. The Balaban J connectivity index is 1.81. The van der Waals surface area contributed by atoms with Crippen molar-refractivity contribution < 1.29 is 22.0 Å². The summed E-state index contributed by atoms with van der Waals surface area (Å²) in [5.74, 6) is -1.57. The van der Waals surface area contributed by atoms with E-state index in [0.29, 0.717) is 10.6 Å². The zero-order valence-corrected chi connectivity index (χ0v) is 17.8. The van der Waals surface area contributed by atoms with E-state index in [4.69, 9.17) is 11.6 Å². The summed E-state index contributed by atoms with van der Waals surface area (Å²) in [5, 5.41) is 2.96. The Labute approximate surface area is 184 Å². The Morgan fingerprint density at radius 3 is 2.23 bits per heavy atom. The number of hydrogen-bond acceptors (Lipinski definition) is 3. The van der Waals surface area contributed by atoms with Crippen molar-refractivity contribution in [1.82, 2.24) is 9.62 Å². The van der Waals surface area contributed by atoms with Crippen LogP contribution in [0, 0.1) is 11.6 Å². The molecule has 1 amide bonds. The van der Waals surface area contributed by atoms with Crippen LogP contribution in [0.2, 0.25) is 5.02 Å². The molecule has 0 aliphatic rings. The minimum absolute atomic E-state index is 0.0698. The number of nitrogens with zero attached hydrogens (tertiary/aromatic N) is 1. The van der Waals surface area contributed by atoms with Gasteiger partial charge in [0.05, 0.1) is 11.4 Å². The molecule has 0 fully saturated rings. The standard InChI is InChI=1S/C22H19ClF2N2O3S/c23-18-7-11-20(12-8-18)31(29,30)27(14-17-3-1-2-4-21(17)25)15-22(28)26-13-16-5-9-19(24)10-6-16/h1-12H,13-15H2,(H,26,28). The summed E-state index contributed by atoms with van der Waals surface area (Å²) < 4.78 is 54.4. The molecule has 0 aromatic heterocycles. The fourth-order valence-corrected chi connectivity index (χ4v) is 4.32. The van der Waals surface area contributed by atoms with Gasteiger partial charge in [0.15, 0.2) is 0 Å². The maximum atomic E-state index is 14.2. The van der Waals surface area contributed by atoms with Crippen LogP contribution in [0.1, 0.15) is 11.1 Å². The van der Waals surface area contributed by atoms with E-state index in [1.807, 2.05) is 0 Å². The molecule has 0 saturated heterocycles. The van der Waals surface area contributed by atoms with Crippen molar-refractivity contribution >= 4 is 27.5 Å². The molecule has 0 unspecified atom stereocenters. The largest absolute Gasteiger partial charge is 0.351 e. The van der Waals surface area contributed by atoms with E-state index in [2.05, 4.69) is 5.32 Å². The second-order valence-electron chi connectivity index (χ2n) is 6.72. The van der Waals surface area contributed by atoms with E-state index in [1.165, 1.54) is 66.7 Å². The lowest BCUT2D eigenvalue weighted by Gasteiger charge is -2.22. The first kappa shape index (κ1) is 22.9. The second kappa shape index (κ2) is 10.00. The van der Waals surface area contributed by atoms with Crippen LogP contribution in [0.15, 0.2) is 77.7 Å². The maximum Gasteiger partial charge on any atom is 0.243 e. The van der Waals surface area contributed by atoms with Crippen molar-refractivity contribution in [1.29, 1.82) is 0 Å². The SMILES string of the molecule is O=C(CN(Cc1ccccc1F)S(=O)(=O)c1ccc(Cl)cc1)NCc1ccc(F)cc1. The van der Waals surface area contributed by atoms with Crippen LogP contribution in [-0.2, 0) is 27.9 Å². The molecular formula is C22H19ClF2N2O3S. The fourth-order valence-electron chi connectivity index (χ4n) is 2.82. The maximum absolute atomic E-state index is 14.2. The summed E-state index contributed by atoms with van der Waals surface area (Å²) in [5.41, 5.74) is 0.780. The van der Waals surface area contributed by atoms with Gasteiger partial charge < -0.3 is 5.32 Å². The van der Waals surface area contributed by atoms with E-state index in [1.54, 1.807) is 6.07 Å². The summed E-state index contributed by atoms with van der Waals surface area (Å²) in [6, 6.07) is 16.8. The average molecular weight is 465 g/mol. The zero-order chi connectivity index (χ0) is 22.4. The molecular weight excluding hydrogens is 446 g/mol. The van der Waals surface area contributed by atoms with Gasteiger partial charge in [-0.25, -0.2) is 17.2 Å². The van der Waals surface area contributed by atoms with Gasteiger partial charge in [-0.3, -0.25) is 4.79 Å². The predicted molar refractivity (Wildman–Crippen MR) is 114 cm³/mol. The van der Waals surface area contributed by atoms with E-state index in [-0.39, 0.29) is 23.5 Å². The summed E-state index contributed by atoms with van der Waals surface area (Å²) in [6.07, 6.45) is 0. The summed E-state index contributed by atoms with van der Waals surface area (Å²) in [4.78, 5) is 12.4. The minimum atomic E-state index is -4.12. The fraction of sp³-hybridized carbons (Fsp3) is 0.136. The first-order valence-corrected chi connectivity index (χ1v) is 11.1. The summed E-state index contributed by atoms with van der Waals surface area (Å²) in [7, 11) is -4.12. The van der Waals surface area contributed by atoms with Gasteiger partial charge in [0, 0.05) is 23.7 Å². The van der Waals surface area contributed by atoms with Crippen molar-refractivity contribution in [2.24, 2.45) is 0 Å². The Hall–Kier alpha value is -2.81. The molecule has 0 aliphatic carbocycles. The van der Waals surface area contributed by atoms with Gasteiger partial charge in [-0.15, -0.1) is 0 Å². The number of nitrogens with one attached hydrogen (secondary N) is 1. The molecule has 162 valence electrons. The quantitative estimate of drug-likeness (QED) is 0.545. The third kappa shape index (κ3) is 6.10. The van der Waals surface area contributed by atoms with Crippen molar-refractivity contribution in [2.75, 3.05) is 6.54 Å². The van der Waals surface area contributed by atoms with E-state index in [9.17, 15) is 22.0 Å². The van der Waals surface area contributed by atoms with Crippen LogP contribution < -0.4 is 5.32 Å². The molecule has 0 atom stereocenters. The Bertz CT molecular complexity index is 1150. The Morgan fingerprint density at radius 1 is 0.935 bits per heavy atom. The number of sulfonamides is 1. The molecule has 31 heavy (non-hydrogen) atoms. The van der Waals surface area contributed by atoms with Crippen molar-refractivity contribution in [3.05, 3.63) is 101 Å². The van der Waals surface area contributed by atoms with Gasteiger partial charge in [-0.1, -0.05) is 41.9 Å². The van der Waals surface area contributed by atoms with Crippen LogP contribution in [0.5, 0.6) is 0 Å². The van der Waals surface area contributed by atoms with Crippen LogP contribution >= 0.6 is 11.6 Å². The molecule has 9 heteroatoms. The summed E-state index contributed by atoms with van der Waals surface area (Å²) in [6.45, 7) is -0.768. The van der Waals surface area contributed by atoms with Gasteiger partial charge in [0.1, 0.15) is 11.6 Å². The monoisotopic (exact) mass is 464 g/mol. The Kier molecular flexibility index (Phi) is 7.37. The van der Waals surface area contributed by atoms with E-state index >= 15 is 0 Å². The first-order chi connectivity index (χ1) is 14.8. The zero-order valence-electron chi connectivity index (χ0n) is 16.3. The van der Waals surface area contributed by atoms with Gasteiger partial charge in [0.25, 0.3) is 0 Å². The number of halogens is 3. The highest BCUT2D eigenvalue weighted by Gasteiger charge is 2.27. The molecule has 0 heterocycles. The van der Waals surface area contributed by atoms with Gasteiger partial charge in [-0.05, 0) is 48.0 Å². The molecule has 0 radical (unpaired) electrons. The number of carbonyl (C=O) groups is 1. The van der Waals surface area contributed by atoms with E-state index in [0.717, 1.165) is 4.31 Å². The molecule has 3 aromatic carbocycles. The smallest absolute Gasteiger partial charge is 0.243 e. The number of carbonyl (C=O) groups excluding carboxylic acids is 1.